The molecule has 1 atom stereocenters. The van der Waals surface area contributed by atoms with E-state index in [1.807, 2.05) is 41.6 Å². The number of rotatable bonds is 6. The van der Waals surface area contributed by atoms with E-state index in [0.717, 1.165) is 42.9 Å². The van der Waals surface area contributed by atoms with Gasteiger partial charge in [-0.15, -0.1) is 0 Å². The smallest absolute Gasteiger partial charge is 0.234 e. The number of aromatic nitrogens is 2. The van der Waals surface area contributed by atoms with Gasteiger partial charge in [-0.3, -0.25) is 14.4 Å². The highest BCUT2D eigenvalue weighted by Crippen LogP contribution is 2.15. The number of piperidine rings is 1. The number of likely N-dealkylation sites (tertiary alicyclic amines) is 1. The largest absolute Gasteiger partial charge is 0.392 e. The monoisotopic (exact) mass is 356 g/mol. The normalized spacial score (nSPS) is 18.0. The van der Waals surface area contributed by atoms with Gasteiger partial charge in [-0.05, 0) is 38.8 Å². The van der Waals surface area contributed by atoms with Gasteiger partial charge < -0.3 is 10.4 Å². The Morgan fingerprint density at radius 2 is 2.08 bits per heavy atom. The molecule has 2 aromatic rings. The van der Waals surface area contributed by atoms with Gasteiger partial charge in [0.1, 0.15) is 0 Å². The number of nitrogens with one attached hydrogen (secondary N) is 1. The van der Waals surface area contributed by atoms with E-state index in [1.54, 1.807) is 0 Å². The summed E-state index contributed by atoms with van der Waals surface area (Å²) in [6.07, 6.45) is 1.47. The molecule has 0 saturated carbocycles. The number of hydrogen-bond acceptors (Lipinski definition) is 4. The van der Waals surface area contributed by atoms with Crippen LogP contribution >= 0.6 is 0 Å². The van der Waals surface area contributed by atoms with E-state index in [0.29, 0.717) is 19.6 Å². The summed E-state index contributed by atoms with van der Waals surface area (Å²) in [5.74, 6) is -0.00582. The number of carbonyl (C=O) groups is 1. The van der Waals surface area contributed by atoms with E-state index in [-0.39, 0.29) is 12.0 Å². The van der Waals surface area contributed by atoms with E-state index in [4.69, 9.17) is 0 Å². The Bertz CT molecular complexity index is 742. The molecule has 2 N–H and O–H groups in total. The van der Waals surface area contributed by atoms with Crippen LogP contribution in [0.15, 0.2) is 30.3 Å². The number of nitrogens with zero attached hydrogens (tertiary/aromatic N) is 3. The van der Waals surface area contributed by atoms with Gasteiger partial charge >= 0.3 is 0 Å². The molecule has 1 aromatic carbocycles. The van der Waals surface area contributed by atoms with E-state index >= 15 is 0 Å². The molecule has 140 valence electrons. The summed E-state index contributed by atoms with van der Waals surface area (Å²) < 4.78 is 1.99. The van der Waals surface area contributed by atoms with Crippen molar-refractivity contribution in [2.75, 3.05) is 19.6 Å². The number of aliphatic hydroxyl groups is 1. The fourth-order valence-corrected chi connectivity index (χ4v) is 3.52. The molecule has 6 nitrogen and oxygen atoms in total. The van der Waals surface area contributed by atoms with Crippen molar-refractivity contribution in [2.45, 2.75) is 45.9 Å². The lowest BCUT2D eigenvalue weighted by atomic mass is 10.1. The van der Waals surface area contributed by atoms with Crippen LogP contribution in [0.5, 0.6) is 0 Å². The topological polar surface area (TPSA) is 70.4 Å². The first kappa shape index (κ1) is 18.6. The third kappa shape index (κ3) is 4.71. The van der Waals surface area contributed by atoms with Crippen molar-refractivity contribution in [1.29, 1.82) is 0 Å². The maximum atomic E-state index is 12.3. The zero-order valence-electron chi connectivity index (χ0n) is 15.6. The lowest BCUT2D eigenvalue weighted by Gasteiger charge is -2.29. The molecule has 3 rings (SSSR count). The predicted octanol–water partition coefficient (Wildman–Crippen LogP) is 1.62. The maximum Gasteiger partial charge on any atom is 0.234 e. The quantitative estimate of drug-likeness (QED) is 0.825. The number of aliphatic hydroxyl groups excluding tert-OH is 1. The third-order valence-corrected chi connectivity index (χ3v) is 5.02. The zero-order chi connectivity index (χ0) is 18.5. The number of aryl methyl sites for hydroxylation is 1. The minimum absolute atomic E-state index is 0.00582. The number of β-amino-alcohol motifs (C(OH)–C–C–N with tert-alkyl or cyclic N) is 1. The Kier molecular flexibility index (Phi) is 6.06. The van der Waals surface area contributed by atoms with Crippen molar-refractivity contribution in [1.82, 2.24) is 20.0 Å². The van der Waals surface area contributed by atoms with Gasteiger partial charge in [0, 0.05) is 24.3 Å². The van der Waals surface area contributed by atoms with Crippen LogP contribution in [0.2, 0.25) is 0 Å². The fourth-order valence-electron chi connectivity index (χ4n) is 3.52. The molecule has 1 aliphatic rings. The summed E-state index contributed by atoms with van der Waals surface area (Å²) in [6.45, 7) is 7.04. The van der Waals surface area contributed by atoms with Gasteiger partial charge in [0.15, 0.2) is 0 Å². The van der Waals surface area contributed by atoms with Gasteiger partial charge in [0.25, 0.3) is 0 Å². The average Bonchev–Trinajstić information content (AvgIpc) is 2.87. The minimum Gasteiger partial charge on any atom is -0.392 e. The van der Waals surface area contributed by atoms with Crippen LogP contribution in [-0.2, 0) is 17.9 Å². The van der Waals surface area contributed by atoms with Crippen LogP contribution in [0, 0.1) is 13.8 Å². The Morgan fingerprint density at radius 1 is 1.31 bits per heavy atom. The van der Waals surface area contributed by atoms with Crippen molar-refractivity contribution < 1.29 is 9.90 Å². The van der Waals surface area contributed by atoms with Crippen LogP contribution in [0.3, 0.4) is 0 Å². The zero-order valence-corrected chi connectivity index (χ0v) is 15.6. The molecular formula is C20H28N4O2. The van der Waals surface area contributed by atoms with Crippen molar-refractivity contribution in [3.63, 3.8) is 0 Å². The maximum absolute atomic E-state index is 12.3. The molecule has 1 aromatic heterocycles. The first-order valence-corrected chi connectivity index (χ1v) is 9.27. The molecule has 1 unspecified atom stereocenters. The van der Waals surface area contributed by atoms with Crippen LogP contribution in [-0.4, -0.2) is 51.4 Å². The molecule has 6 heteroatoms. The van der Waals surface area contributed by atoms with Crippen molar-refractivity contribution in [2.24, 2.45) is 0 Å². The molecule has 0 aliphatic carbocycles. The van der Waals surface area contributed by atoms with Crippen LogP contribution < -0.4 is 5.32 Å². The van der Waals surface area contributed by atoms with E-state index in [9.17, 15) is 9.90 Å². The standard InChI is InChI=1S/C20H28N4O2/c1-15-19(11-21-20(26)14-23-10-6-9-18(25)13-23)16(2)24(22-15)12-17-7-4-3-5-8-17/h3-5,7-8,18,25H,6,9-14H2,1-2H3,(H,21,26). The predicted molar refractivity (Wildman–Crippen MR) is 101 cm³/mol. The second-order valence-corrected chi connectivity index (χ2v) is 7.10. The number of hydrogen-bond donors (Lipinski definition) is 2. The lowest BCUT2D eigenvalue weighted by molar-refractivity contribution is -0.123. The van der Waals surface area contributed by atoms with Crippen molar-refractivity contribution >= 4 is 5.91 Å². The Balaban J connectivity index is 1.57. The van der Waals surface area contributed by atoms with E-state index in [2.05, 4.69) is 22.5 Å². The summed E-state index contributed by atoms with van der Waals surface area (Å²) in [7, 11) is 0. The van der Waals surface area contributed by atoms with E-state index in [1.165, 1.54) is 5.56 Å². The molecular weight excluding hydrogens is 328 g/mol. The molecule has 0 spiro atoms. The highest BCUT2D eigenvalue weighted by Gasteiger charge is 2.20. The second kappa shape index (κ2) is 8.47. The summed E-state index contributed by atoms with van der Waals surface area (Å²) in [5, 5.41) is 17.3. The summed E-state index contributed by atoms with van der Waals surface area (Å²) in [6, 6.07) is 10.2. The van der Waals surface area contributed by atoms with Crippen LogP contribution in [0.1, 0.15) is 35.4 Å². The van der Waals surface area contributed by atoms with Gasteiger partial charge in [-0.2, -0.15) is 5.10 Å². The fraction of sp³-hybridized carbons (Fsp3) is 0.500. The molecule has 2 heterocycles. The Labute approximate surface area is 154 Å². The van der Waals surface area contributed by atoms with Gasteiger partial charge in [0.05, 0.1) is 24.9 Å². The number of amides is 1. The van der Waals surface area contributed by atoms with Crippen molar-refractivity contribution in [3.8, 4) is 0 Å². The van der Waals surface area contributed by atoms with E-state index < -0.39 is 0 Å². The summed E-state index contributed by atoms with van der Waals surface area (Å²) in [5.41, 5.74) is 4.32. The third-order valence-electron chi connectivity index (χ3n) is 5.02. The SMILES string of the molecule is Cc1nn(Cc2ccccc2)c(C)c1CNC(=O)CN1CCCC(O)C1. The molecule has 1 aliphatic heterocycles. The highest BCUT2D eigenvalue weighted by atomic mass is 16.3. The van der Waals surface area contributed by atoms with Crippen molar-refractivity contribution in [3.05, 3.63) is 52.8 Å². The highest BCUT2D eigenvalue weighted by molar-refractivity contribution is 5.78. The van der Waals surface area contributed by atoms with Gasteiger partial charge in [-0.25, -0.2) is 0 Å². The van der Waals surface area contributed by atoms with Gasteiger partial charge in [-0.1, -0.05) is 30.3 Å². The van der Waals surface area contributed by atoms with Crippen LogP contribution in [0.25, 0.3) is 0 Å². The number of benzene rings is 1. The summed E-state index contributed by atoms with van der Waals surface area (Å²) in [4.78, 5) is 14.3. The molecule has 0 radical (unpaired) electrons. The molecule has 1 fully saturated rings. The molecule has 1 amide bonds. The Morgan fingerprint density at radius 3 is 2.81 bits per heavy atom. The first-order chi connectivity index (χ1) is 12.5. The molecule has 26 heavy (non-hydrogen) atoms. The lowest BCUT2D eigenvalue weighted by Crippen LogP contribution is -2.44. The molecule has 0 bridgehead atoms. The Hall–Kier alpha value is -2.18. The number of carbonyl (C=O) groups excluding carboxylic acids is 1. The van der Waals surface area contributed by atoms with Gasteiger partial charge in [0.2, 0.25) is 5.91 Å². The van der Waals surface area contributed by atoms with Crippen LogP contribution in [0.4, 0.5) is 0 Å². The second-order valence-electron chi connectivity index (χ2n) is 7.10. The first-order valence-electron chi connectivity index (χ1n) is 9.27. The average molecular weight is 356 g/mol. The molecule has 1 saturated heterocycles. The summed E-state index contributed by atoms with van der Waals surface area (Å²) >= 11 is 0. The minimum atomic E-state index is -0.308.